The molecule has 1 atom stereocenters. The van der Waals surface area contributed by atoms with Crippen LogP contribution in [0.3, 0.4) is 0 Å². The first-order valence-electron chi connectivity index (χ1n) is 5.90. The number of aliphatic hydroxyl groups is 1. The van der Waals surface area contributed by atoms with Gasteiger partial charge in [0.25, 0.3) is 0 Å². The van der Waals surface area contributed by atoms with E-state index >= 15 is 0 Å². The molecule has 0 spiro atoms. The van der Waals surface area contributed by atoms with Crippen molar-refractivity contribution in [3.05, 3.63) is 23.8 Å². The van der Waals surface area contributed by atoms with Gasteiger partial charge < -0.3 is 19.9 Å². The van der Waals surface area contributed by atoms with E-state index in [1.807, 2.05) is 18.2 Å². The molecular weight excluding hydrogens is 218 g/mol. The van der Waals surface area contributed by atoms with Crippen LogP contribution in [-0.4, -0.2) is 32.0 Å². The second kappa shape index (κ2) is 7.14. The first-order valence-corrected chi connectivity index (χ1v) is 5.90. The number of aliphatic hydroxyl groups excluding tert-OH is 1. The smallest absolute Gasteiger partial charge is 0.161 e. The van der Waals surface area contributed by atoms with E-state index in [9.17, 15) is 0 Å². The van der Waals surface area contributed by atoms with E-state index in [0.29, 0.717) is 0 Å². The van der Waals surface area contributed by atoms with Crippen molar-refractivity contribution < 1.29 is 19.9 Å². The molecule has 96 valence electrons. The predicted octanol–water partition coefficient (Wildman–Crippen LogP) is 0.538. The monoisotopic (exact) mass is 240 g/mol. The normalized spacial score (nSPS) is 12.2. The Hall–Kier alpha value is -1.26. The van der Waals surface area contributed by atoms with Gasteiger partial charge in [0.1, 0.15) is 12.6 Å². The zero-order chi connectivity index (χ0) is 12.7. The van der Waals surface area contributed by atoms with Crippen LogP contribution in [0.15, 0.2) is 18.2 Å². The number of benzene rings is 1. The zero-order valence-electron chi connectivity index (χ0n) is 10.8. The van der Waals surface area contributed by atoms with Crippen LogP contribution in [-0.2, 0) is 6.54 Å². The van der Waals surface area contributed by atoms with E-state index in [1.165, 1.54) is 0 Å². The molecule has 1 aromatic carbocycles. The summed E-state index contributed by atoms with van der Waals surface area (Å²) in [6.45, 7) is 3.12. The molecule has 17 heavy (non-hydrogen) atoms. The highest BCUT2D eigenvalue weighted by Gasteiger charge is 2.09. The number of nitrogens with two attached hydrogens (primary N) is 1. The Balaban J connectivity index is 2.66. The average Bonchev–Trinajstić information content (AvgIpc) is 2.39. The van der Waals surface area contributed by atoms with Gasteiger partial charge in [-0.25, -0.2) is 0 Å². The maximum absolute atomic E-state index is 9.11. The molecule has 0 bridgehead atoms. The van der Waals surface area contributed by atoms with Gasteiger partial charge in [-0.15, -0.1) is 0 Å². The highest BCUT2D eigenvalue weighted by atomic mass is 16.5. The van der Waals surface area contributed by atoms with E-state index < -0.39 is 0 Å². The Morgan fingerprint density at radius 1 is 1.24 bits per heavy atom. The molecule has 0 saturated carbocycles. The first kappa shape index (κ1) is 13.8. The molecule has 0 radical (unpaired) electrons. The van der Waals surface area contributed by atoms with Crippen LogP contribution in [0, 0.1) is 0 Å². The summed E-state index contributed by atoms with van der Waals surface area (Å²) in [6.07, 6.45) is 0.962. The summed E-state index contributed by atoms with van der Waals surface area (Å²) in [5, 5.41) is 11.3. The molecule has 0 heterocycles. The fraction of sp³-hybridized carbons (Fsp3) is 0.538. The number of methoxy groups -OCH3 is 2. The van der Waals surface area contributed by atoms with E-state index in [4.69, 9.17) is 14.6 Å². The Morgan fingerprint density at radius 2 is 1.94 bits per heavy atom. The first-order chi connectivity index (χ1) is 8.24. The standard InChI is InChI=1S/C13H21NO3/c1-4-11(9-15)14-8-10-5-6-12(16-2)13(7-10)17-3/h5-7,11,14-15H,4,8-9H2,1-3H3/p+1/t11-/m0/s1. The average molecular weight is 240 g/mol. The molecule has 0 saturated heterocycles. The molecule has 4 heteroatoms. The lowest BCUT2D eigenvalue weighted by Gasteiger charge is -2.12. The van der Waals surface area contributed by atoms with Gasteiger partial charge in [-0.2, -0.15) is 0 Å². The van der Waals surface area contributed by atoms with E-state index in [2.05, 4.69) is 12.2 Å². The molecule has 0 unspecified atom stereocenters. The van der Waals surface area contributed by atoms with Crippen molar-refractivity contribution in [1.29, 1.82) is 0 Å². The minimum atomic E-state index is 0.212. The summed E-state index contributed by atoms with van der Waals surface area (Å²) < 4.78 is 10.4. The number of ether oxygens (including phenoxy) is 2. The van der Waals surface area contributed by atoms with Crippen molar-refractivity contribution in [2.24, 2.45) is 0 Å². The summed E-state index contributed by atoms with van der Waals surface area (Å²) in [4.78, 5) is 0. The third kappa shape index (κ3) is 3.91. The maximum atomic E-state index is 9.11. The molecule has 0 aliphatic carbocycles. The molecule has 0 aromatic heterocycles. The zero-order valence-corrected chi connectivity index (χ0v) is 10.8. The van der Waals surface area contributed by atoms with Crippen molar-refractivity contribution in [3.63, 3.8) is 0 Å². The molecule has 4 nitrogen and oxygen atoms in total. The molecule has 1 rings (SSSR count). The second-order valence-electron chi connectivity index (χ2n) is 3.98. The van der Waals surface area contributed by atoms with Crippen molar-refractivity contribution in [2.45, 2.75) is 25.9 Å². The van der Waals surface area contributed by atoms with Crippen LogP contribution < -0.4 is 14.8 Å². The summed E-state index contributed by atoms with van der Waals surface area (Å²) in [5.41, 5.74) is 1.16. The van der Waals surface area contributed by atoms with Gasteiger partial charge in [-0.1, -0.05) is 6.92 Å². The minimum Gasteiger partial charge on any atom is -0.493 e. The van der Waals surface area contributed by atoms with Gasteiger partial charge in [-0.05, 0) is 24.6 Å². The van der Waals surface area contributed by atoms with E-state index in [-0.39, 0.29) is 12.6 Å². The van der Waals surface area contributed by atoms with Gasteiger partial charge in [0.2, 0.25) is 0 Å². The Bertz CT molecular complexity index is 337. The minimum absolute atomic E-state index is 0.212. The molecule has 1 aromatic rings. The van der Waals surface area contributed by atoms with Gasteiger partial charge in [0, 0.05) is 5.56 Å². The third-order valence-electron chi connectivity index (χ3n) is 2.89. The van der Waals surface area contributed by atoms with Crippen molar-refractivity contribution in [2.75, 3.05) is 20.8 Å². The van der Waals surface area contributed by atoms with Gasteiger partial charge in [0.15, 0.2) is 11.5 Å². The van der Waals surface area contributed by atoms with Crippen LogP contribution >= 0.6 is 0 Å². The predicted molar refractivity (Wildman–Crippen MR) is 66.3 cm³/mol. The largest absolute Gasteiger partial charge is 0.493 e. The van der Waals surface area contributed by atoms with Crippen molar-refractivity contribution in [3.8, 4) is 11.5 Å². The fourth-order valence-corrected chi connectivity index (χ4v) is 1.68. The number of quaternary nitrogens is 1. The van der Waals surface area contributed by atoms with E-state index in [1.54, 1.807) is 14.2 Å². The van der Waals surface area contributed by atoms with Crippen molar-refractivity contribution >= 4 is 0 Å². The summed E-state index contributed by atoms with van der Waals surface area (Å²) >= 11 is 0. The Kier molecular flexibility index (Phi) is 5.80. The molecule has 3 N–H and O–H groups in total. The Labute approximate surface area is 103 Å². The van der Waals surface area contributed by atoms with Crippen LogP contribution in [0.4, 0.5) is 0 Å². The lowest BCUT2D eigenvalue weighted by molar-refractivity contribution is -0.706. The molecule has 0 amide bonds. The molecule has 0 fully saturated rings. The summed E-state index contributed by atoms with van der Waals surface area (Å²) in [6, 6.07) is 6.16. The lowest BCUT2D eigenvalue weighted by Crippen LogP contribution is -2.89. The van der Waals surface area contributed by atoms with E-state index in [0.717, 1.165) is 30.0 Å². The third-order valence-corrected chi connectivity index (χ3v) is 2.89. The highest BCUT2D eigenvalue weighted by molar-refractivity contribution is 5.42. The van der Waals surface area contributed by atoms with Crippen LogP contribution in [0.2, 0.25) is 0 Å². The number of hydrogen-bond donors (Lipinski definition) is 2. The SMILES string of the molecule is CC[C@@H](CO)[NH2+]Cc1ccc(OC)c(OC)c1. The summed E-state index contributed by atoms with van der Waals surface area (Å²) in [7, 11) is 3.26. The second-order valence-corrected chi connectivity index (χ2v) is 3.98. The van der Waals surface area contributed by atoms with Crippen molar-refractivity contribution in [1.82, 2.24) is 0 Å². The number of hydrogen-bond acceptors (Lipinski definition) is 3. The lowest BCUT2D eigenvalue weighted by atomic mass is 10.1. The maximum Gasteiger partial charge on any atom is 0.161 e. The molecular formula is C13H22NO3+. The fourth-order valence-electron chi connectivity index (χ4n) is 1.68. The summed E-state index contributed by atoms with van der Waals surface area (Å²) in [5.74, 6) is 1.49. The Morgan fingerprint density at radius 3 is 2.47 bits per heavy atom. The number of rotatable bonds is 7. The quantitative estimate of drug-likeness (QED) is 0.731. The molecule has 0 aliphatic rings. The molecule has 0 aliphatic heterocycles. The van der Waals surface area contributed by atoms with Gasteiger partial charge in [-0.3, -0.25) is 0 Å². The topological polar surface area (TPSA) is 55.3 Å². The van der Waals surface area contributed by atoms with Gasteiger partial charge in [0.05, 0.1) is 20.8 Å². The van der Waals surface area contributed by atoms with Crippen LogP contribution in [0.5, 0.6) is 11.5 Å². The highest BCUT2D eigenvalue weighted by Crippen LogP contribution is 2.27. The van der Waals surface area contributed by atoms with Gasteiger partial charge >= 0.3 is 0 Å². The van der Waals surface area contributed by atoms with Crippen LogP contribution in [0.25, 0.3) is 0 Å². The van der Waals surface area contributed by atoms with Crippen LogP contribution in [0.1, 0.15) is 18.9 Å².